The van der Waals surface area contributed by atoms with Crippen LogP contribution >= 0.6 is 0 Å². The fourth-order valence-corrected chi connectivity index (χ4v) is 0.361. The third-order valence-corrected chi connectivity index (χ3v) is 0.860. The first kappa shape index (κ1) is 10.9. The van der Waals surface area contributed by atoms with Crippen molar-refractivity contribution in [1.82, 2.24) is 0 Å². The molecule has 0 aromatic carbocycles. The first-order chi connectivity index (χ1) is 5.43. The fourth-order valence-electron chi connectivity index (χ4n) is 0.361. The number of esters is 2. The molecule has 0 fully saturated rings. The summed E-state index contributed by atoms with van der Waals surface area (Å²) >= 11 is 0. The standard InChI is InChI=1S/C6H7F3O3/c1-3(7)6(11)12-5(10)2-4(8)9/h3-4H,2H2,1H3. The van der Waals surface area contributed by atoms with Crippen molar-refractivity contribution in [3.05, 3.63) is 0 Å². The van der Waals surface area contributed by atoms with E-state index < -0.39 is 31.0 Å². The van der Waals surface area contributed by atoms with Crippen molar-refractivity contribution in [1.29, 1.82) is 0 Å². The third kappa shape index (κ3) is 4.70. The smallest absolute Gasteiger partial charge is 0.348 e. The summed E-state index contributed by atoms with van der Waals surface area (Å²) in [7, 11) is 0. The van der Waals surface area contributed by atoms with E-state index in [1.54, 1.807) is 0 Å². The highest BCUT2D eigenvalue weighted by atomic mass is 19.3. The molecule has 0 radical (unpaired) electrons. The van der Waals surface area contributed by atoms with Gasteiger partial charge in [0.15, 0.2) is 6.17 Å². The van der Waals surface area contributed by atoms with Gasteiger partial charge >= 0.3 is 11.9 Å². The quantitative estimate of drug-likeness (QED) is 0.486. The van der Waals surface area contributed by atoms with E-state index >= 15 is 0 Å². The van der Waals surface area contributed by atoms with E-state index in [0.717, 1.165) is 6.92 Å². The van der Waals surface area contributed by atoms with Gasteiger partial charge in [-0.25, -0.2) is 18.0 Å². The van der Waals surface area contributed by atoms with E-state index in [2.05, 4.69) is 4.74 Å². The molecule has 1 unspecified atom stereocenters. The number of hydrogen-bond acceptors (Lipinski definition) is 3. The molecule has 0 spiro atoms. The SMILES string of the molecule is CC(F)C(=O)OC(=O)CC(F)F. The summed E-state index contributed by atoms with van der Waals surface area (Å²) in [5.74, 6) is -2.86. The summed E-state index contributed by atoms with van der Waals surface area (Å²) in [4.78, 5) is 20.6. The van der Waals surface area contributed by atoms with Crippen molar-refractivity contribution in [2.75, 3.05) is 0 Å². The summed E-state index contributed by atoms with van der Waals surface area (Å²) < 4.78 is 38.5. The first-order valence-electron chi connectivity index (χ1n) is 3.10. The second kappa shape index (κ2) is 4.74. The van der Waals surface area contributed by atoms with Crippen molar-refractivity contribution in [3.8, 4) is 0 Å². The number of halogens is 3. The lowest BCUT2D eigenvalue weighted by Gasteiger charge is -2.01. The van der Waals surface area contributed by atoms with Crippen molar-refractivity contribution in [2.24, 2.45) is 0 Å². The molecule has 0 saturated heterocycles. The Bertz CT molecular complexity index is 179. The summed E-state index contributed by atoms with van der Waals surface area (Å²) in [6.45, 7) is 0.845. The van der Waals surface area contributed by atoms with Crippen LogP contribution in [0.3, 0.4) is 0 Å². The van der Waals surface area contributed by atoms with Crippen LogP contribution in [0.2, 0.25) is 0 Å². The Morgan fingerprint density at radius 2 is 1.83 bits per heavy atom. The molecule has 12 heavy (non-hydrogen) atoms. The molecule has 0 aliphatic rings. The van der Waals surface area contributed by atoms with Gasteiger partial charge in [-0.15, -0.1) is 0 Å². The van der Waals surface area contributed by atoms with Crippen molar-refractivity contribution in [3.63, 3.8) is 0 Å². The monoisotopic (exact) mass is 184 g/mol. The molecule has 0 aliphatic heterocycles. The maximum absolute atomic E-state index is 12.0. The van der Waals surface area contributed by atoms with Crippen molar-refractivity contribution < 1.29 is 27.5 Å². The van der Waals surface area contributed by atoms with Crippen LogP contribution in [0.4, 0.5) is 13.2 Å². The maximum Gasteiger partial charge on any atom is 0.348 e. The summed E-state index contributed by atoms with van der Waals surface area (Å²) in [5.41, 5.74) is 0. The number of ether oxygens (including phenoxy) is 1. The van der Waals surface area contributed by atoms with Gasteiger partial charge in [0.2, 0.25) is 6.43 Å². The van der Waals surface area contributed by atoms with Crippen LogP contribution in [-0.2, 0) is 14.3 Å². The van der Waals surface area contributed by atoms with Gasteiger partial charge in [-0.05, 0) is 6.92 Å². The van der Waals surface area contributed by atoms with E-state index in [4.69, 9.17) is 0 Å². The molecule has 0 aliphatic carbocycles. The van der Waals surface area contributed by atoms with Crippen LogP contribution in [0, 0.1) is 0 Å². The third-order valence-electron chi connectivity index (χ3n) is 0.860. The summed E-state index contributed by atoms with van der Waals surface area (Å²) in [5, 5.41) is 0. The highest BCUT2D eigenvalue weighted by molar-refractivity contribution is 5.87. The minimum absolute atomic E-state index is 0.845. The molecule has 0 saturated carbocycles. The lowest BCUT2D eigenvalue weighted by Crippen LogP contribution is -2.21. The van der Waals surface area contributed by atoms with Gasteiger partial charge in [-0.1, -0.05) is 0 Å². The molecule has 0 N–H and O–H groups in total. The van der Waals surface area contributed by atoms with E-state index in [1.165, 1.54) is 0 Å². The predicted octanol–water partition coefficient (Wildman–Crippen LogP) is 1.07. The molecule has 3 nitrogen and oxygen atoms in total. The molecular formula is C6H7F3O3. The average Bonchev–Trinajstić information content (AvgIpc) is 1.84. The van der Waals surface area contributed by atoms with Gasteiger partial charge in [0.1, 0.15) is 6.42 Å². The van der Waals surface area contributed by atoms with Crippen LogP contribution < -0.4 is 0 Å². The number of carbonyl (C=O) groups is 2. The van der Waals surface area contributed by atoms with Gasteiger partial charge in [0, 0.05) is 0 Å². The average molecular weight is 184 g/mol. The Morgan fingerprint density at radius 3 is 2.17 bits per heavy atom. The summed E-state index contributed by atoms with van der Waals surface area (Å²) in [6, 6.07) is 0. The highest BCUT2D eigenvalue weighted by Gasteiger charge is 2.19. The van der Waals surface area contributed by atoms with Gasteiger partial charge in [-0.2, -0.15) is 0 Å². The van der Waals surface area contributed by atoms with Crippen LogP contribution in [0.25, 0.3) is 0 Å². The number of alkyl halides is 3. The van der Waals surface area contributed by atoms with Gasteiger partial charge < -0.3 is 4.74 Å². The topological polar surface area (TPSA) is 43.4 Å². The molecule has 0 heterocycles. The van der Waals surface area contributed by atoms with E-state index in [9.17, 15) is 22.8 Å². The Labute approximate surface area is 66.5 Å². The minimum Gasteiger partial charge on any atom is -0.391 e. The van der Waals surface area contributed by atoms with E-state index in [-0.39, 0.29) is 0 Å². The maximum atomic E-state index is 12.0. The number of hydrogen-bond donors (Lipinski definition) is 0. The molecule has 1 atom stereocenters. The second-order valence-electron chi connectivity index (χ2n) is 2.00. The normalized spacial score (nSPS) is 12.8. The zero-order valence-corrected chi connectivity index (χ0v) is 6.22. The van der Waals surface area contributed by atoms with Crippen molar-refractivity contribution in [2.45, 2.75) is 25.9 Å². The highest BCUT2D eigenvalue weighted by Crippen LogP contribution is 2.02. The molecule has 0 bridgehead atoms. The zero-order valence-electron chi connectivity index (χ0n) is 6.22. The molecule has 0 aromatic rings. The number of rotatable bonds is 3. The van der Waals surface area contributed by atoms with Gasteiger partial charge in [0.05, 0.1) is 0 Å². The molecule has 6 heteroatoms. The Hall–Kier alpha value is -1.07. The van der Waals surface area contributed by atoms with Crippen LogP contribution in [0.1, 0.15) is 13.3 Å². The predicted molar refractivity (Wildman–Crippen MR) is 32.3 cm³/mol. The molecule has 0 amide bonds. The van der Waals surface area contributed by atoms with Crippen LogP contribution in [0.5, 0.6) is 0 Å². The van der Waals surface area contributed by atoms with E-state index in [0.29, 0.717) is 0 Å². The lowest BCUT2D eigenvalue weighted by molar-refractivity contribution is -0.164. The first-order valence-corrected chi connectivity index (χ1v) is 3.10. The van der Waals surface area contributed by atoms with Gasteiger partial charge in [0.25, 0.3) is 0 Å². The Kier molecular flexibility index (Phi) is 4.31. The largest absolute Gasteiger partial charge is 0.391 e. The fraction of sp³-hybridized carbons (Fsp3) is 0.667. The molecule has 70 valence electrons. The lowest BCUT2D eigenvalue weighted by atomic mass is 10.4. The zero-order chi connectivity index (χ0) is 9.72. The Balaban J connectivity index is 3.77. The summed E-state index contributed by atoms with van der Waals surface area (Å²) in [6.07, 6.45) is -6.06. The molecule has 0 aromatic heterocycles. The molecule has 0 rings (SSSR count). The Morgan fingerprint density at radius 1 is 1.33 bits per heavy atom. The van der Waals surface area contributed by atoms with Crippen LogP contribution in [-0.4, -0.2) is 24.5 Å². The van der Waals surface area contributed by atoms with Gasteiger partial charge in [-0.3, -0.25) is 4.79 Å². The van der Waals surface area contributed by atoms with Crippen LogP contribution in [0.15, 0.2) is 0 Å². The second-order valence-corrected chi connectivity index (χ2v) is 2.00. The molecular weight excluding hydrogens is 177 g/mol. The minimum atomic E-state index is -2.89. The van der Waals surface area contributed by atoms with Crippen molar-refractivity contribution >= 4 is 11.9 Å². The number of carbonyl (C=O) groups excluding carboxylic acids is 2. The van der Waals surface area contributed by atoms with E-state index in [1.807, 2.05) is 0 Å².